The van der Waals surface area contributed by atoms with E-state index < -0.39 is 0 Å². The lowest BCUT2D eigenvalue weighted by Crippen LogP contribution is -2.00. The fourth-order valence-corrected chi connectivity index (χ4v) is 2.87. The topological polar surface area (TPSA) is 18.5 Å². The molecular weight excluding hydrogens is 316 g/mol. The Morgan fingerprint density at radius 3 is 2.65 bits per heavy atom. The second-order valence-corrected chi connectivity index (χ2v) is 5.58. The van der Waals surface area contributed by atoms with Crippen LogP contribution in [0.5, 0.6) is 11.5 Å². The van der Waals surface area contributed by atoms with Crippen LogP contribution in [-0.4, -0.2) is 7.11 Å². The average Bonchev–Trinajstić information content (AvgIpc) is 2.45. The first-order valence-electron chi connectivity index (χ1n) is 6.68. The molecule has 0 N–H and O–H groups in total. The fraction of sp³-hybridized carbons (Fsp3) is 0.294. The first kappa shape index (κ1) is 14.9. The quantitative estimate of drug-likeness (QED) is 0.773. The molecule has 0 unspecified atom stereocenters. The summed E-state index contributed by atoms with van der Waals surface area (Å²) >= 11 is 3.59. The maximum absolute atomic E-state index is 6.00. The highest BCUT2D eigenvalue weighted by atomic mass is 79.9. The minimum atomic E-state index is 0.534. The molecule has 0 aliphatic carbocycles. The van der Waals surface area contributed by atoms with E-state index in [-0.39, 0.29) is 0 Å². The number of halogens is 1. The lowest BCUT2D eigenvalue weighted by molar-refractivity contribution is 0.300. The predicted octanol–water partition coefficient (Wildman–Crippen LogP) is 4.91. The summed E-state index contributed by atoms with van der Waals surface area (Å²) in [6, 6.07) is 12.2. The average molecular weight is 335 g/mol. The summed E-state index contributed by atoms with van der Waals surface area (Å²) in [5, 5.41) is 0. The van der Waals surface area contributed by atoms with Crippen molar-refractivity contribution < 1.29 is 9.47 Å². The number of hydrogen-bond acceptors (Lipinski definition) is 2. The third-order valence-corrected chi connectivity index (χ3v) is 3.75. The van der Waals surface area contributed by atoms with E-state index in [4.69, 9.17) is 9.47 Å². The van der Waals surface area contributed by atoms with Gasteiger partial charge in [0.15, 0.2) is 0 Å². The molecule has 2 aromatic rings. The summed E-state index contributed by atoms with van der Waals surface area (Å²) in [6.45, 7) is 4.77. The Bertz CT molecular complexity index is 594. The number of hydrogen-bond donors (Lipinski definition) is 0. The third-order valence-electron chi connectivity index (χ3n) is 3.16. The van der Waals surface area contributed by atoms with Gasteiger partial charge in [0.25, 0.3) is 0 Å². The first-order valence-corrected chi connectivity index (χ1v) is 7.48. The zero-order chi connectivity index (χ0) is 14.5. The molecule has 0 atom stereocenters. The molecule has 0 bridgehead atoms. The van der Waals surface area contributed by atoms with Crippen LogP contribution in [0.1, 0.15) is 23.6 Å². The smallest absolute Gasteiger partial charge is 0.137 e. The van der Waals surface area contributed by atoms with E-state index in [1.54, 1.807) is 7.11 Å². The van der Waals surface area contributed by atoms with E-state index >= 15 is 0 Å². The molecule has 106 valence electrons. The van der Waals surface area contributed by atoms with Crippen LogP contribution >= 0.6 is 15.9 Å². The summed E-state index contributed by atoms with van der Waals surface area (Å²) in [6.07, 6.45) is 0.952. The number of methoxy groups -OCH3 is 1. The van der Waals surface area contributed by atoms with Crippen molar-refractivity contribution in [1.82, 2.24) is 0 Å². The van der Waals surface area contributed by atoms with Gasteiger partial charge in [-0.2, -0.15) is 0 Å². The number of aryl methyl sites for hydroxylation is 2. The molecule has 0 aromatic heterocycles. The van der Waals surface area contributed by atoms with Crippen molar-refractivity contribution in [3.63, 3.8) is 0 Å². The molecule has 0 amide bonds. The van der Waals surface area contributed by atoms with E-state index in [9.17, 15) is 0 Å². The van der Waals surface area contributed by atoms with Crippen LogP contribution in [0.4, 0.5) is 0 Å². The van der Waals surface area contributed by atoms with Crippen molar-refractivity contribution in [2.45, 2.75) is 26.9 Å². The Hall–Kier alpha value is -1.48. The van der Waals surface area contributed by atoms with Crippen LogP contribution in [0.25, 0.3) is 0 Å². The monoisotopic (exact) mass is 334 g/mol. The van der Waals surface area contributed by atoms with Gasteiger partial charge in [-0.15, -0.1) is 0 Å². The van der Waals surface area contributed by atoms with Gasteiger partial charge in [-0.3, -0.25) is 0 Å². The second kappa shape index (κ2) is 6.80. The van der Waals surface area contributed by atoms with Gasteiger partial charge in [0.05, 0.1) is 11.6 Å². The second-order valence-electron chi connectivity index (χ2n) is 4.73. The largest absolute Gasteiger partial charge is 0.497 e. The van der Waals surface area contributed by atoms with Gasteiger partial charge in [-0.25, -0.2) is 0 Å². The van der Waals surface area contributed by atoms with Crippen LogP contribution in [0, 0.1) is 6.92 Å². The Morgan fingerprint density at radius 1 is 1.15 bits per heavy atom. The Kier molecular flexibility index (Phi) is 5.07. The third kappa shape index (κ3) is 3.54. The van der Waals surface area contributed by atoms with E-state index in [1.165, 1.54) is 11.1 Å². The number of ether oxygens (including phenoxy) is 2. The van der Waals surface area contributed by atoms with Crippen molar-refractivity contribution in [3.05, 3.63) is 57.6 Å². The fourth-order valence-electron chi connectivity index (χ4n) is 2.14. The lowest BCUT2D eigenvalue weighted by atomic mass is 10.1. The molecule has 2 rings (SSSR count). The maximum atomic E-state index is 6.00. The van der Waals surface area contributed by atoms with E-state index in [2.05, 4.69) is 41.9 Å². The Morgan fingerprint density at radius 2 is 1.95 bits per heavy atom. The minimum absolute atomic E-state index is 0.534. The van der Waals surface area contributed by atoms with Crippen LogP contribution in [0.3, 0.4) is 0 Å². The van der Waals surface area contributed by atoms with Crippen LogP contribution in [-0.2, 0) is 13.0 Å². The molecule has 0 spiro atoms. The van der Waals surface area contributed by atoms with E-state index in [1.807, 2.05) is 24.3 Å². The van der Waals surface area contributed by atoms with Gasteiger partial charge in [0, 0.05) is 0 Å². The maximum Gasteiger partial charge on any atom is 0.137 e. The van der Waals surface area contributed by atoms with E-state index in [0.717, 1.165) is 28.0 Å². The molecule has 0 aliphatic rings. The molecule has 3 heteroatoms. The molecule has 20 heavy (non-hydrogen) atoms. The molecule has 0 saturated carbocycles. The Balaban J connectivity index is 2.18. The SMILES string of the molecule is CCc1cc(C)cc(Br)c1OCc1cccc(OC)c1. The van der Waals surface area contributed by atoms with Gasteiger partial charge in [0.1, 0.15) is 18.1 Å². The predicted molar refractivity (Wildman–Crippen MR) is 85.6 cm³/mol. The summed E-state index contributed by atoms with van der Waals surface area (Å²) in [5.74, 6) is 1.78. The van der Waals surface area contributed by atoms with Gasteiger partial charge in [0.2, 0.25) is 0 Å². The molecule has 0 saturated heterocycles. The van der Waals surface area contributed by atoms with Crippen molar-refractivity contribution in [2.75, 3.05) is 7.11 Å². The molecule has 0 aliphatic heterocycles. The summed E-state index contributed by atoms with van der Waals surface area (Å²) in [4.78, 5) is 0. The highest BCUT2D eigenvalue weighted by Crippen LogP contribution is 2.32. The van der Waals surface area contributed by atoms with Crippen molar-refractivity contribution in [1.29, 1.82) is 0 Å². The van der Waals surface area contributed by atoms with Gasteiger partial charge >= 0.3 is 0 Å². The van der Waals surface area contributed by atoms with E-state index in [0.29, 0.717) is 6.61 Å². The van der Waals surface area contributed by atoms with Crippen LogP contribution in [0.2, 0.25) is 0 Å². The lowest BCUT2D eigenvalue weighted by Gasteiger charge is -2.14. The Labute approximate surface area is 128 Å². The normalized spacial score (nSPS) is 10.4. The standard InChI is InChI=1S/C17H19BrO2/c1-4-14-8-12(2)9-16(18)17(14)20-11-13-6-5-7-15(10-13)19-3/h5-10H,4,11H2,1-3H3. The van der Waals surface area contributed by atoms with Crippen LogP contribution in [0.15, 0.2) is 40.9 Å². The number of benzene rings is 2. The van der Waals surface area contributed by atoms with Crippen LogP contribution < -0.4 is 9.47 Å². The zero-order valence-electron chi connectivity index (χ0n) is 12.1. The van der Waals surface area contributed by atoms with Crippen molar-refractivity contribution >= 4 is 15.9 Å². The zero-order valence-corrected chi connectivity index (χ0v) is 13.7. The molecular formula is C17H19BrO2. The number of rotatable bonds is 5. The highest BCUT2D eigenvalue weighted by Gasteiger charge is 2.09. The summed E-state index contributed by atoms with van der Waals surface area (Å²) < 4.78 is 12.2. The molecule has 2 nitrogen and oxygen atoms in total. The molecule has 0 fully saturated rings. The van der Waals surface area contributed by atoms with Gasteiger partial charge in [-0.05, 0) is 64.2 Å². The van der Waals surface area contributed by atoms with Gasteiger partial charge in [-0.1, -0.05) is 25.1 Å². The summed E-state index contributed by atoms with van der Waals surface area (Å²) in [5.41, 5.74) is 3.56. The highest BCUT2D eigenvalue weighted by molar-refractivity contribution is 9.10. The molecule has 0 heterocycles. The van der Waals surface area contributed by atoms with Crippen molar-refractivity contribution in [2.24, 2.45) is 0 Å². The van der Waals surface area contributed by atoms with Gasteiger partial charge < -0.3 is 9.47 Å². The first-order chi connectivity index (χ1) is 9.63. The molecule has 2 aromatic carbocycles. The summed E-state index contributed by atoms with van der Waals surface area (Å²) in [7, 11) is 1.67. The molecule has 0 radical (unpaired) electrons. The van der Waals surface area contributed by atoms with Crippen molar-refractivity contribution in [3.8, 4) is 11.5 Å². The minimum Gasteiger partial charge on any atom is -0.497 e.